The molecule has 0 amide bonds. The molecule has 1 aromatic carbocycles. The van der Waals surface area contributed by atoms with E-state index >= 15 is 0 Å². The van der Waals surface area contributed by atoms with Crippen LogP contribution in [0.5, 0.6) is 23.1 Å². The van der Waals surface area contributed by atoms with Gasteiger partial charge in [0.05, 0.1) is 14.2 Å². The third kappa shape index (κ3) is 2.83. The van der Waals surface area contributed by atoms with Crippen LogP contribution in [0.1, 0.15) is 0 Å². The van der Waals surface area contributed by atoms with Gasteiger partial charge in [-0.2, -0.15) is 4.98 Å². The van der Waals surface area contributed by atoms with E-state index in [4.69, 9.17) is 20.1 Å². The van der Waals surface area contributed by atoms with E-state index in [9.17, 15) is 0 Å². The molecule has 19 heavy (non-hydrogen) atoms. The SMILES string of the molecule is COc1ccc(Oc2ncnc(NN)c2OC)cc1. The van der Waals surface area contributed by atoms with Gasteiger partial charge in [-0.1, -0.05) is 0 Å². The number of benzene rings is 1. The fourth-order valence-electron chi connectivity index (χ4n) is 1.47. The second-order valence-electron chi connectivity index (χ2n) is 3.48. The summed E-state index contributed by atoms with van der Waals surface area (Å²) in [5.41, 5.74) is 2.41. The van der Waals surface area contributed by atoms with Crippen molar-refractivity contribution in [3.8, 4) is 23.1 Å². The monoisotopic (exact) mass is 262 g/mol. The largest absolute Gasteiger partial charge is 0.497 e. The van der Waals surface area contributed by atoms with Gasteiger partial charge in [0.1, 0.15) is 17.8 Å². The Balaban J connectivity index is 2.26. The number of rotatable bonds is 5. The van der Waals surface area contributed by atoms with E-state index in [1.807, 2.05) is 0 Å². The topological polar surface area (TPSA) is 91.5 Å². The Bertz CT molecular complexity index is 545. The van der Waals surface area contributed by atoms with E-state index in [0.29, 0.717) is 17.3 Å². The zero-order valence-electron chi connectivity index (χ0n) is 10.6. The predicted octanol–water partition coefficient (Wildman–Crippen LogP) is 1.57. The normalized spacial score (nSPS) is 9.84. The highest BCUT2D eigenvalue weighted by Gasteiger charge is 2.13. The van der Waals surface area contributed by atoms with Crippen molar-refractivity contribution in [1.82, 2.24) is 9.97 Å². The van der Waals surface area contributed by atoms with Gasteiger partial charge in [-0.25, -0.2) is 10.8 Å². The number of hydrogen-bond acceptors (Lipinski definition) is 7. The molecular weight excluding hydrogens is 248 g/mol. The standard InChI is InChI=1S/C12H14N4O3/c1-17-8-3-5-9(6-4-8)19-12-10(18-2)11(16-13)14-7-15-12/h3-7H,13H2,1-2H3,(H,14,15,16). The molecule has 0 radical (unpaired) electrons. The number of nitrogens with one attached hydrogen (secondary N) is 1. The molecule has 7 nitrogen and oxygen atoms in total. The highest BCUT2D eigenvalue weighted by atomic mass is 16.5. The van der Waals surface area contributed by atoms with Crippen LogP contribution in [0.3, 0.4) is 0 Å². The van der Waals surface area contributed by atoms with Crippen molar-refractivity contribution in [2.45, 2.75) is 0 Å². The van der Waals surface area contributed by atoms with E-state index in [1.165, 1.54) is 13.4 Å². The number of hydrazine groups is 1. The zero-order chi connectivity index (χ0) is 13.7. The molecule has 7 heteroatoms. The Kier molecular flexibility index (Phi) is 3.99. The minimum absolute atomic E-state index is 0.274. The molecule has 100 valence electrons. The Morgan fingerprint density at radius 2 is 1.68 bits per heavy atom. The molecule has 2 rings (SSSR count). The van der Waals surface area contributed by atoms with Gasteiger partial charge in [-0.3, -0.25) is 0 Å². The summed E-state index contributed by atoms with van der Waals surface area (Å²) in [5.74, 6) is 7.63. The van der Waals surface area contributed by atoms with Crippen LogP contribution in [0.4, 0.5) is 5.82 Å². The summed E-state index contributed by atoms with van der Waals surface area (Å²) in [5, 5.41) is 0. The van der Waals surface area contributed by atoms with Gasteiger partial charge in [0.15, 0.2) is 5.82 Å². The number of hydrogen-bond donors (Lipinski definition) is 2. The van der Waals surface area contributed by atoms with Crippen LogP contribution in [0, 0.1) is 0 Å². The Hall–Kier alpha value is -2.54. The van der Waals surface area contributed by atoms with Crippen LogP contribution >= 0.6 is 0 Å². The minimum Gasteiger partial charge on any atom is -0.497 e. The van der Waals surface area contributed by atoms with Crippen molar-refractivity contribution in [3.63, 3.8) is 0 Å². The van der Waals surface area contributed by atoms with Gasteiger partial charge in [-0.15, -0.1) is 0 Å². The average Bonchev–Trinajstić information content (AvgIpc) is 2.47. The maximum Gasteiger partial charge on any atom is 0.268 e. The first kappa shape index (κ1) is 12.9. The molecule has 0 saturated carbocycles. The molecule has 0 saturated heterocycles. The molecule has 0 aliphatic heterocycles. The molecular formula is C12H14N4O3. The zero-order valence-corrected chi connectivity index (χ0v) is 10.6. The fourth-order valence-corrected chi connectivity index (χ4v) is 1.47. The predicted molar refractivity (Wildman–Crippen MR) is 69.5 cm³/mol. The van der Waals surface area contributed by atoms with E-state index in [2.05, 4.69) is 15.4 Å². The lowest BCUT2D eigenvalue weighted by molar-refractivity contribution is 0.368. The van der Waals surface area contributed by atoms with Crippen LogP contribution in [-0.2, 0) is 0 Å². The van der Waals surface area contributed by atoms with Crippen LogP contribution in [-0.4, -0.2) is 24.2 Å². The minimum atomic E-state index is 0.274. The van der Waals surface area contributed by atoms with E-state index in [-0.39, 0.29) is 5.88 Å². The molecule has 1 heterocycles. The summed E-state index contributed by atoms with van der Waals surface area (Å²) in [6.45, 7) is 0. The molecule has 0 atom stereocenters. The number of ether oxygens (including phenoxy) is 3. The summed E-state index contributed by atoms with van der Waals surface area (Å²) in [7, 11) is 3.09. The lowest BCUT2D eigenvalue weighted by Gasteiger charge is -2.11. The summed E-state index contributed by atoms with van der Waals surface area (Å²) in [6.07, 6.45) is 1.33. The lowest BCUT2D eigenvalue weighted by Crippen LogP contribution is -2.10. The maximum absolute atomic E-state index is 5.62. The second kappa shape index (κ2) is 5.87. The van der Waals surface area contributed by atoms with Crippen molar-refractivity contribution in [2.24, 2.45) is 5.84 Å². The highest BCUT2D eigenvalue weighted by molar-refractivity contribution is 5.55. The van der Waals surface area contributed by atoms with Crippen LogP contribution in [0.2, 0.25) is 0 Å². The first-order valence-corrected chi connectivity index (χ1v) is 5.46. The Morgan fingerprint density at radius 1 is 1.00 bits per heavy atom. The lowest BCUT2D eigenvalue weighted by atomic mass is 10.3. The number of anilines is 1. The van der Waals surface area contributed by atoms with Crippen LogP contribution in [0.25, 0.3) is 0 Å². The summed E-state index contributed by atoms with van der Waals surface area (Å²) in [4.78, 5) is 7.94. The van der Waals surface area contributed by atoms with Gasteiger partial charge >= 0.3 is 0 Å². The van der Waals surface area contributed by atoms with Gasteiger partial charge < -0.3 is 19.6 Å². The quantitative estimate of drug-likeness (QED) is 0.624. The van der Waals surface area contributed by atoms with Crippen LogP contribution in [0.15, 0.2) is 30.6 Å². The van der Waals surface area contributed by atoms with Crippen molar-refractivity contribution in [3.05, 3.63) is 30.6 Å². The molecule has 0 aliphatic rings. The molecule has 0 spiro atoms. The summed E-state index contributed by atoms with van der Waals surface area (Å²) in [6, 6.07) is 7.09. The smallest absolute Gasteiger partial charge is 0.268 e. The molecule has 0 unspecified atom stereocenters. The molecule has 0 aliphatic carbocycles. The number of nitrogen functional groups attached to an aromatic ring is 1. The van der Waals surface area contributed by atoms with Gasteiger partial charge in [0.2, 0.25) is 5.75 Å². The second-order valence-corrected chi connectivity index (χ2v) is 3.48. The molecule has 3 N–H and O–H groups in total. The summed E-state index contributed by atoms with van der Waals surface area (Å²) < 4.78 is 15.9. The number of aromatic nitrogens is 2. The van der Waals surface area contributed by atoms with Gasteiger partial charge in [0, 0.05) is 0 Å². The van der Waals surface area contributed by atoms with Gasteiger partial charge in [-0.05, 0) is 24.3 Å². The molecule has 2 aromatic rings. The van der Waals surface area contributed by atoms with Crippen molar-refractivity contribution in [2.75, 3.05) is 19.6 Å². The average molecular weight is 262 g/mol. The van der Waals surface area contributed by atoms with E-state index in [1.54, 1.807) is 31.4 Å². The van der Waals surface area contributed by atoms with Crippen molar-refractivity contribution in [1.29, 1.82) is 0 Å². The Labute approximate surface area is 110 Å². The first-order chi connectivity index (χ1) is 9.28. The number of nitrogens with two attached hydrogens (primary N) is 1. The number of nitrogens with zero attached hydrogens (tertiary/aromatic N) is 2. The number of methoxy groups -OCH3 is 2. The molecule has 0 fully saturated rings. The van der Waals surface area contributed by atoms with Crippen LogP contribution < -0.4 is 25.5 Å². The molecule has 1 aromatic heterocycles. The Morgan fingerprint density at radius 3 is 2.26 bits per heavy atom. The van der Waals surface area contributed by atoms with Crippen molar-refractivity contribution < 1.29 is 14.2 Å². The summed E-state index contributed by atoms with van der Waals surface area (Å²) >= 11 is 0. The first-order valence-electron chi connectivity index (χ1n) is 5.46. The van der Waals surface area contributed by atoms with E-state index in [0.717, 1.165) is 5.75 Å². The molecule has 0 bridgehead atoms. The van der Waals surface area contributed by atoms with Crippen molar-refractivity contribution >= 4 is 5.82 Å². The third-order valence-electron chi connectivity index (χ3n) is 2.39. The maximum atomic E-state index is 5.62. The third-order valence-corrected chi connectivity index (χ3v) is 2.39. The van der Waals surface area contributed by atoms with Gasteiger partial charge in [0.25, 0.3) is 5.88 Å². The highest BCUT2D eigenvalue weighted by Crippen LogP contribution is 2.33. The fraction of sp³-hybridized carbons (Fsp3) is 0.167. The van der Waals surface area contributed by atoms with E-state index < -0.39 is 0 Å².